The number of carbonyl (C=O) groups is 1. The van der Waals surface area contributed by atoms with E-state index in [1.807, 2.05) is 0 Å². The van der Waals surface area contributed by atoms with E-state index in [4.69, 9.17) is 16.0 Å². The molecule has 1 aromatic carbocycles. The van der Waals surface area contributed by atoms with Crippen molar-refractivity contribution in [3.8, 4) is 0 Å². The minimum absolute atomic E-state index is 0.0513. The summed E-state index contributed by atoms with van der Waals surface area (Å²) in [4.78, 5) is 23.4. The molecule has 2 aromatic heterocycles. The molecule has 35 heavy (non-hydrogen) atoms. The lowest BCUT2D eigenvalue weighted by Crippen LogP contribution is -2.59. The van der Waals surface area contributed by atoms with Crippen molar-refractivity contribution < 1.29 is 32.0 Å². The summed E-state index contributed by atoms with van der Waals surface area (Å²) in [5.41, 5.74) is 7.68. The molecule has 0 fully saturated rings. The third-order valence-corrected chi connectivity index (χ3v) is 4.69. The van der Waals surface area contributed by atoms with Crippen LogP contribution in [0.2, 0.25) is 0 Å². The van der Waals surface area contributed by atoms with Gasteiger partial charge < -0.3 is 26.4 Å². The van der Waals surface area contributed by atoms with Gasteiger partial charge in [0, 0.05) is 17.8 Å². The van der Waals surface area contributed by atoms with Gasteiger partial charge in [0.1, 0.15) is 23.6 Å². The van der Waals surface area contributed by atoms with Crippen LogP contribution in [-0.4, -0.2) is 50.2 Å². The van der Waals surface area contributed by atoms with Crippen molar-refractivity contribution >= 4 is 23.1 Å². The maximum Gasteiger partial charge on any atom is 0.428 e. The molecule has 2 heterocycles. The van der Waals surface area contributed by atoms with E-state index < -0.39 is 30.0 Å². The molecule has 0 aliphatic heterocycles. The second kappa shape index (κ2) is 10.3. The molecule has 0 spiro atoms. The first-order valence-corrected chi connectivity index (χ1v) is 9.83. The number of benzene rings is 1. The first kappa shape index (κ1) is 25.3. The topological polar surface area (TPSA) is 166 Å². The summed E-state index contributed by atoms with van der Waals surface area (Å²) in [6, 6.07) is 8.71. The van der Waals surface area contributed by atoms with Gasteiger partial charge in [0.2, 0.25) is 0 Å². The van der Waals surface area contributed by atoms with Gasteiger partial charge in [-0.1, -0.05) is 23.4 Å². The number of nitrogens with zero attached hydrogens (tertiary/aromatic N) is 4. The van der Waals surface area contributed by atoms with Crippen molar-refractivity contribution in [3.05, 3.63) is 77.8 Å². The molecule has 10 nitrogen and oxygen atoms in total. The normalized spacial score (nSPS) is 14.4. The number of aliphatic hydroxyl groups is 1. The Balaban J connectivity index is 1.85. The number of carbonyl (C=O) groups excluding carboxylic acids is 1. The smallest absolute Gasteiger partial charge is 0.396 e. The van der Waals surface area contributed by atoms with Crippen molar-refractivity contribution in [3.63, 3.8) is 0 Å². The molecule has 1 amide bonds. The summed E-state index contributed by atoms with van der Waals surface area (Å²) in [6.07, 6.45) is -1.51. The maximum atomic E-state index is 13.9. The number of anilines is 1. The third-order valence-electron chi connectivity index (χ3n) is 4.69. The van der Waals surface area contributed by atoms with Crippen LogP contribution in [0.3, 0.4) is 0 Å². The van der Waals surface area contributed by atoms with Gasteiger partial charge in [-0.2, -0.15) is 13.2 Å². The molecule has 0 aliphatic carbocycles. The van der Waals surface area contributed by atoms with Gasteiger partial charge in [0.15, 0.2) is 5.82 Å². The number of alkyl halides is 3. The van der Waals surface area contributed by atoms with Crippen LogP contribution in [0.5, 0.6) is 0 Å². The zero-order valence-electron chi connectivity index (χ0n) is 17.8. The fourth-order valence-electron chi connectivity index (χ4n) is 2.70. The highest BCUT2D eigenvalue weighted by Gasteiger charge is 2.58. The molecule has 0 saturated carbocycles. The highest BCUT2D eigenvalue weighted by atomic mass is 19.4. The van der Waals surface area contributed by atoms with Crippen molar-refractivity contribution in [2.45, 2.75) is 18.3 Å². The predicted octanol–water partition coefficient (Wildman–Crippen LogP) is 1.78. The number of nitrogens with one attached hydrogen (secondary N) is 1. The number of aliphatic imine (C=N–C) groups is 1. The monoisotopic (exact) mass is 493 g/mol. The van der Waals surface area contributed by atoms with Crippen molar-refractivity contribution in [2.24, 2.45) is 16.5 Å². The number of aromatic nitrogens is 3. The second-order valence-electron chi connectivity index (χ2n) is 7.12. The zero-order valence-corrected chi connectivity index (χ0v) is 17.8. The molecule has 3 aromatic rings. The molecule has 0 saturated heterocycles. The largest absolute Gasteiger partial charge is 0.428 e. The van der Waals surface area contributed by atoms with Crippen LogP contribution < -0.4 is 16.8 Å². The Hall–Kier alpha value is -4.33. The molecule has 0 aliphatic rings. The summed E-state index contributed by atoms with van der Waals surface area (Å²) < 4.78 is 57.9. The SMILES string of the molecule is NC(=O)C(O)(CNc1ccnc(C(N)=CC(=NCc2ccccc2F)c2ccon2)n1)C(F)(F)F. The summed E-state index contributed by atoms with van der Waals surface area (Å²) in [7, 11) is 0. The Labute approximate surface area is 195 Å². The Morgan fingerprint density at radius 3 is 2.57 bits per heavy atom. The van der Waals surface area contributed by atoms with E-state index in [9.17, 15) is 27.5 Å². The van der Waals surface area contributed by atoms with E-state index in [1.165, 1.54) is 42.8 Å². The van der Waals surface area contributed by atoms with Crippen LogP contribution in [0.15, 0.2) is 64.4 Å². The lowest BCUT2D eigenvalue weighted by Gasteiger charge is -2.27. The molecule has 14 heteroatoms. The Kier molecular flexibility index (Phi) is 7.44. The summed E-state index contributed by atoms with van der Waals surface area (Å²) in [6.45, 7) is -1.34. The number of nitrogens with two attached hydrogens (primary N) is 2. The number of rotatable bonds is 9. The first-order valence-electron chi connectivity index (χ1n) is 9.83. The molecule has 1 atom stereocenters. The Morgan fingerprint density at radius 2 is 1.94 bits per heavy atom. The van der Waals surface area contributed by atoms with E-state index in [1.54, 1.807) is 12.1 Å². The van der Waals surface area contributed by atoms with Gasteiger partial charge in [-0.25, -0.2) is 14.4 Å². The molecular weight excluding hydrogens is 474 g/mol. The molecular formula is C21H19F4N7O3. The molecule has 6 N–H and O–H groups in total. The summed E-state index contributed by atoms with van der Waals surface area (Å²) in [5.74, 6) is -2.73. The predicted molar refractivity (Wildman–Crippen MR) is 116 cm³/mol. The highest BCUT2D eigenvalue weighted by Crippen LogP contribution is 2.30. The Bertz CT molecular complexity index is 1250. The molecule has 1 unspecified atom stereocenters. The number of amides is 1. The van der Waals surface area contributed by atoms with Crippen LogP contribution in [0.1, 0.15) is 17.1 Å². The second-order valence-corrected chi connectivity index (χ2v) is 7.12. The zero-order chi connectivity index (χ0) is 25.6. The van der Waals surface area contributed by atoms with Gasteiger partial charge in [0.05, 0.1) is 24.5 Å². The van der Waals surface area contributed by atoms with Gasteiger partial charge in [-0.05, 0) is 18.2 Å². The van der Waals surface area contributed by atoms with E-state index >= 15 is 0 Å². The highest BCUT2D eigenvalue weighted by molar-refractivity contribution is 6.10. The van der Waals surface area contributed by atoms with Crippen molar-refractivity contribution in [2.75, 3.05) is 11.9 Å². The van der Waals surface area contributed by atoms with E-state index in [2.05, 4.69) is 25.4 Å². The van der Waals surface area contributed by atoms with Gasteiger partial charge >= 0.3 is 6.18 Å². The number of hydrogen-bond donors (Lipinski definition) is 4. The van der Waals surface area contributed by atoms with Crippen LogP contribution in [0.25, 0.3) is 5.70 Å². The molecule has 0 bridgehead atoms. The summed E-state index contributed by atoms with van der Waals surface area (Å²) in [5, 5.41) is 15.6. The molecule has 3 rings (SSSR count). The van der Waals surface area contributed by atoms with Crippen molar-refractivity contribution in [1.82, 2.24) is 15.1 Å². The van der Waals surface area contributed by atoms with E-state index in [0.29, 0.717) is 5.56 Å². The molecule has 0 radical (unpaired) electrons. The average molecular weight is 493 g/mol. The number of hydrogen-bond acceptors (Lipinski definition) is 9. The lowest BCUT2D eigenvalue weighted by atomic mass is 10.0. The fourth-order valence-corrected chi connectivity index (χ4v) is 2.70. The van der Waals surface area contributed by atoms with Gasteiger partial charge in [-0.3, -0.25) is 9.79 Å². The van der Waals surface area contributed by atoms with Gasteiger partial charge in [-0.15, -0.1) is 0 Å². The first-order chi connectivity index (χ1) is 16.5. The molecule has 184 valence electrons. The number of halogens is 4. The minimum atomic E-state index is -5.32. The van der Waals surface area contributed by atoms with Crippen molar-refractivity contribution in [1.29, 1.82) is 0 Å². The van der Waals surface area contributed by atoms with E-state index in [0.717, 1.165) is 0 Å². The number of primary amides is 1. The standard InChI is InChI=1S/C21H19F4N7O3/c22-13-4-2-1-3-12(13)10-29-16(15-6-8-35-32-15)9-14(26)18-28-7-5-17(31-18)30-11-20(34,19(27)33)21(23,24)25/h1-9,34H,10-11,26H2,(H2,27,33)(H,28,30,31). The quantitative estimate of drug-likeness (QED) is 0.259. The number of allylic oxidation sites excluding steroid dienone is 1. The summed E-state index contributed by atoms with van der Waals surface area (Å²) >= 11 is 0. The van der Waals surface area contributed by atoms with Crippen LogP contribution in [-0.2, 0) is 11.3 Å². The minimum Gasteiger partial charge on any atom is -0.396 e. The van der Waals surface area contributed by atoms with E-state index in [-0.39, 0.29) is 35.3 Å². The maximum absolute atomic E-state index is 13.9. The fraction of sp³-hybridized carbons (Fsp3) is 0.190. The third kappa shape index (κ3) is 5.97. The van der Waals surface area contributed by atoms with Gasteiger partial charge in [0.25, 0.3) is 11.5 Å². The van der Waals surface area contributed by atoms with Crippen LogP contribution >= 0.6 is 0 Å². The Morgan fingerprint density at radius 1 is 1.20 bits per heavy atom. The average Bonchev–Trinajstić information content (AvgIpc) is 3.35. The lowest BCUT2D eigenvalue weighted by molar-refractivity contribution is -0.245. The van der Waals surface area contributed by atoms with Crippen LogP contribution in [0, 0.1) is 5.82 Å². The van der Waals surface area contributed by atoms with Crippen LogP contribution in [0.4, 0.5) is 23.4 Å².